The van der Waals surface area contributed by atoms with Crippen molar-refractivity contribution in [3.8, 4) is 0 Å². The van der Waals surface area contributed by atoms with E-state index in [-0.39, 0.29) is 6.04 Å². The van der Waals surface area contributed by atoms with Gasteiger partial charge in [0, 0.05) is 6.04 Å². The Morgan fingerprint density at radius 2 is 2.25 bits per heavy atom. The van der Waals surface area contributed by atoms with Crippen molar-refractivity contribution in [2.24, 2.45) is 11.1 Å². The lowest BCUT2D eigenvalue weighted by atomic mass is 9.92. The predicted octanol–water partition coefficient (Wildman–Crippen LogP) is 2.08. The first-order valence-electron chi connectivity index (χ1n) is 5.82. The molecule has 16 heavy (non-hydrogen) atoms. The average Bonchev–Trinajstić information content (AvgIpc) is 2.73. The van der Waals surface area contributed by atoms with Crippen LogP contribution in [-0.2, 0) is 0 Å². The summed E-state index contributed by atoms with van der Waals surface area (Å²) in [4.78, 5) is 0. The molecule has 2 atom stereocenters. The van der Waals surface area contributed by atoms with Gasteiger partial charge in [0.15, 0.2) is 0 Å². The summed E-state index contributed by atoms with van der Waals surface area (Å²) in [5.41, 5.74) is 6.07. The highest BCUT2D eigenvalue weighted by atomic mass is 16.4. The van der Waals surface area contributed by atoms with Crippen LogP contribution in [0.15, 0.2) is 4.42 Å². The number of anilines is 1. The normalized spacial score (nSPS) is 25.6. The molecular weight excluding hydrogens is 204 g/mol. The third-order valence-electron chi connectivity index (χ3n) is 3.13. The summed E-state index contributed by atoms with van der Waals surface area (Å²) in [5, 5.41) is 11.1. The number of nitrogens with one attached hydrogen (secondary N) is 1. The molecule has 1 aliphatic carbocycles. The van der Waals surface area contributed by atoms with E-state index < -0.39 is 0 Å². The Kier molecular flexibility index (Phi) is 2.88. The van der Waals surface area contributed by atoms with E-state index in [0.717, 1.165) is 12.8 Å². The molecule has 1 fully saturated rings. The number of aromatic nitrogens is 2. The van der Waals surface area contributed by atoms with Crippen LogP contribution in [0.2, 0.25) is 0 Å². The van der Waals surface area contributed by atoms with Crippen molar-refractivity contribution in [2.75, 3.05) is 5.32 Å². The maximum atomic E-state index is 5.65. The van der Waals surface area contributed by atoms with Crippen molar-refractivity contribution in [2.45, 2.75) is 52.1 Å². The maximum absolute atomic E-state index is 5.65. The molecule has 2 rings (SSSR count). The molecule has 0 amide bonds. The third kappa shape index (κ3) is 2.52. The van der Waals surface area contributed by atoms with E-state index in [9.17, 15) is 0 Å². The van der Waals surface area contributed by atoms with E-state index in [1.807, 2.05) is 6.92 Å². The lowest BCUT2D eigenvalue weighted by Crippen LogP contribution is -2.17. The molecular formula is C11H20N4O. The highest BCUT2D eigenvalue weighted by Crippen LogP contribution is 2.38. The van der Waals surface area contributed by atoms with Crippen LogP contribution in [0.1, 0.15) is 52.0 Å². The second-order valence-electron chi connectivity index (χ2n) is 5.48. The molecule has 0 aliphatic heterocycles. The Labute approximate surface area is 95.8 Å². The summed E-state index contributed by atoms with van der Waals surface area (Å²) in [7, 11) is 0. The first-order valence-corrected chi connectivity index (χ1v) is 5.82. The fraction of sp³-hybridized carbons (Fsp3) is 0.818. The molecule has 0 bridgehead atoms. The Balaban J connectivity index is 1.94. The molecule has 3 N–H and O–H groups in total. The van der Waals surface area contributed by atoms with E-state index in [2.05, 4.69) is 29.4 Å². The Hall–Kier alpha value is -1.10. The molecule has 1 aliphatic rings. The average molecular weight is 224 g/mol. The molecule has 5 nitrogen and oxygen atoms in total. The zero-order valence-corrected chi connectivity index (χ0v) is 10.2. The minimum Gasteiger partial charge on any atom is -0.406 e. The van der Waals surface area contributed by atoms with Crippen LogP contribution in [0.3, 0.4) is 0 Å². The van der Waals surface area contributed by atoms with Gasteiger partial charge < -0.3 is 15.5 Å². The lowest BCUT2D eigenvalue weighted by Gasteiger charge is -2.16. The SMILES string of the molecule is CC(N)c1nnc(NC2CCC(C)(C)C2)o1. The Bertz CT molecular complexity index is 359. The standard InChI is InChI=1S/C11H20N4O/c1-7(12)9-14-15-10(16-9)13-8-4-5-11(2,3)6-8/h7-8H,4-6,12H2,1-3H3,(H,13,15). The molecule has 1 heterocycles. The minimum atomic E-state index is -0.205. The van der Waals surface area contributed by atoms with Gasteiger partial charge in [-0.15, -0.1) is 5.10 Å². The molecule has 0 spiro atoms. The van der Waals surface area contributed by atoms with Crippen molar-refractivity contribution >= 4 is 6.01 Å². The molecule has 0 saturated heterocycles. The summed E-state index contributed by atoms with van der Waals surface area (Å²) in [6.45, 7) is 6.40. The second-order valence-corrected chi connectivity index (χ2v) is 5.48. The molecule has 1 saturated carbocycles. The van der Waals surface area contributed by atoms with Crippen LogP contribution in [0.4, 0.5) is 6.01 Å². The summed E-state index contributed by atoms with van der Waals surface area (Å²) in [6.07, 6.45) is 3.53. The van der Waals surface area contributed by atoms with Crippen LogP contribution in [0, 0.1) is 5.41 Å². The van der Waals surface area contributed by atoms with Crippen molar-refractivity contribution in [1.29, 1.82) is 0 Å². The van der Waals surface area contributed by atoms with Crippen LogP contribution >= 0.6 is 0 Å². The highest BCUT2D eigenvalue weighted by Gasteiger charge is 2.31. The van der Waals surface area contributed by atoms with Gasteiger partial charge in [-0.1, -0.05) is 18.9 Å². The molecule has 0 radical (unpaired) electrons. The van der Waals surface area contributed by atoms with Crippen molar-refractivity contribution < 1.29 is 4.42 Å². The predicted molar refractivity (Wildman–Crippen MR) is 61.9 cm³/mol. The number of nitrogens with two attached hydrogens (primary N) is 1. The monoisotopic (exact) mass is 224 g/mol. The first kappa shape index (κ1) is 11.4. The minimum absolute atomic E-state index is 0.205. The van der Waals surface area contributed by atoms with Crippen molar-refractivity contribution in [3.63, 3.8) is 0 Å². The highest BCUT2D eigenvalue weighted by molar-refractivity contribution is 5.21. The molecule has 90 valence electrons. The van der Waals surface area contributed by atoms with Gasteiger partial charge in [-0.25, -0.2) is 0 Å². The van der Waals surface area contributed by atoms with Gasteiger partial charge >= 0.3 is 6.01 Å². The van der Waals surface area contributed by atoms with E-state index in [0.29, 0.717) is 23.4 Å². The molecule has 5 heteroatoms. The summed E-state index contributed by atoms with van der Waals surface area (Å²) < 4.78 is 5.42. The summed E-state index contributed by atoms with van der Waals surface area (Å²) in [5.74, 6) is 0.486. The van der Waals surface area contributed by atoms with E-state index in [1.165, 1.54) is 6.42 Å². The largest absolute Gasteiger partial charge is 0.406 e. The number of hydrogen-bond acceptors (Lipinski definition) is 5. The topological polar surface area (TPSA) is 77.0 Å². The van der Waals surface area contributed by atoms with Gasteiger partial charge in [0.05, 0.1) is 6.04 Å². The molecule has 1 aromatic heterocycles. The van der Waals surface area contributed by atoms with Crippen LogP contribution in [0.25, 0.3) is 0 Å². The van der Waals surface area contributed by atoms with E-state index in [4.69, 9.17) is 10.2 Å². The zero-order chi connectivity index (χ0) is 11.8. The first-order chi connectivity index (χ1) is 7.46. The van der Waals surface area contributed by atoms with E-state index >= 15 is 0 Å². The van der Waals surface area contributed by atoms with Crippen LogP contribution in [0.5, 0.6) is 0 Å². The van der Waals surface area contributed by atoms with Gasteiger partial charge in [-0.05, 0) is 31.6 Å². The quantitative estimate of drug-likeness (QED) is 0.822. The zero-order valence-electron chi connectivity index (χ0n) is 10.2. The smallest absolute Gasteiger partial charge is 0.315 e. The fourth-order valence-electron chi connectivity index (χ4n) is 2.21. The van der Waals surface area contributed by atoms with E-state index in [1.54, 1.807) is 0 Å². The number of rotatable bonds is 3. The lowest BCUT2D eigenvalue weighted by molar-refractivity contribution is 0.377. The molecule has 0 aromatic carbocycles. The maximum Gasteiger partial charge on any atom is 0.315 e. The summed E-state index contributed by atoms with van der Waals surface area (Å²) in [6, 6.07) is 0.731. The third-order valence-corrected chi connectivity index (χ3v) is 3.13. The van der Waals surface area contributed by atoms with Gasteiger partial charge in [-0.3, -0.25) is 0 Å². The van der Waals surface area contributed by atoms with Gasteiger partial charge in [0.1, 0.15) is 0 Å². The second kappa shape index (κ2) is 4.05. The van der Waals surface area contributed by atoms with Crippen molar-refractivity contribution in [3.05, 3.63) is 5.89 Å². The Morgan fingerprint density at radius 1 is 1.50 bits per heavy atom. The number of nitrogens with zero attached hydrogens (tertiary/aromatic N) is 2. The van der Waals surface area contributed by atoms with Crippen LogP contribution in [-0.4, -0.2) is 16.2 Å². The van der Waals surface area contributed by atoms with Gasteiger partial charge in [0.2, 0.25) is 5.89 Å². The molecule has 1 aromatic rings. The summed E-state index contributed by atoms with van der Waals surface area (Å²) >= 11 is 0. The Morgan fingerprint density at radius 3 is 2.75 bits per heavy atom. The van der Waals surface area contributed by atoms with Crippen LogP contribution < -0.4 is 11.1 Å². The van der Waals surface area contributed by atoms with Crippen molar-refractivity contribution in [1.82, 2.24) is 10.2 Å². The fourth-order valence-corrected chi connectivity index (χ4v) is 2.21. The van der Waals surface area contributed by atoms with Gasteiger partial charge in [0.25, 0.3) is 0 Å². The molecule has 2 unspecified atom stereocenters. The van der Waals surface area contributed by atoms with Gasteiger partial charge in [-0.2, -0.15) is 0 Å². The number of hydrogen-bond donors (Lipinski definition) is 2.